The maximum absolute atomic E-state index is 9.08. The molecule has 0 amide bonds. The van der Waals surface area contributed by atoms with Gasteiger partial charge in [0.05, 0.1) is 6.20 Å². The van der Waals surface area contributed by atoms with Crippen LogP contribution in [0.5, 0.6) is 0 Å². The summed E-state index contributed by atoms with van der Waals surface area (Å²) in [7, 11) is -1.15. The number of hydrogen-bond acceptors (Lipinski definition) is 6. The van der Waals surface area contributed by atoms with Crippen LogP contribution >= 0.6 is 0 Å². The monoisotopic (exact) mass is 352 g/mol. The molecule has 3 aromatic heterocycles. The van der Waals surface area contributed by atoms with Gasteiger partial charge in [-0.15, -0.1) is 0 Å². The number of imidazole rings is 1. The molecular formula is C17H20N6OSi. The molecule has 0 atom stereocenters. The molecule has 0 aliphatic carbocycles. The Morgan fingerprint density at radius 1 is 1.20 bits per heavy atom. The molecule has 0 radical (unpaired) electrons. The average molecular weight is 352 g/mol. The third-order valence-electron chi connectivity index (χ3n) is 3.74. The molecule has 3 aromatic rings. The van der Waals surface area contributed by atoms with Crippen LogP contribution in [0.25, 0.3) is 22.6 Å². The van der Waals surface area contributed by atoms with Gasteiger partial charge >= 0.3 is 0 Å². The van der Waals surface area contributed by atoms with Gasteiger partial charge in [-0.25, -0.2) is 9.97 Å². The first-order valence-electron chi connectivity index (χ1n) is 8.09. The van der Waals surface area contributed by atoms with E-state index in [1.54, 1.807) is 18.6 Å². The molecule has 128 valence electrons. The van der Waals surface area contributed by atoms with Gasteiger partial charge in [-0.05, 0) is 18.2 Å². The second-order valence-electron chi connectivity index (χ2n) is 6.96. The van der Waals surface area contributed by atoms with Crippen molar-refractivity contribution < 1.29 is 4.74 Å². The van der Waals surface area contributed by atoms with Crippen molar-refractivity contribution in [3.8, 4) is 17.5 Å². The van der Waals surface area contributed by atoms with E-state index in [9.17, 15) is 0 Å². The molecule has 0 bridgehead atoms. The summed E-state index contributed by atoms with van der Waals surface area (Å²) < 4.78 is 7.78. The molecular weight excluding hydrogens is 332 g/mol. The fourth-order valence-corrected chi connectivity index (χ4v) is 3.11. The maximum atomic E-state index is 9.08. The van der Waals surface area contributed by atoms with Gasteiger partial charge in [0.15, 0.2) is 5.65 Å². The molecule has 0 aliphatic rings. The molecule has 3 rings (SSSR count). The van der Waals surface area contributed by atoms with Gasteiger partial charge in [-0.1, -0.05) is 19.6 Å². The lowest BCUT2D eigenvalue weighted by molar-refractivity contribution is 0.0906. The lowest BCUT2D eigenvalue weighted by atomic mass is 10.2. The number of nitriles is 1. The standard InChI is InChI=1S/C17H20N6OSi/c1-25(2,3)9-8-24-12-23-16(13-4-6-19-7-5-13)21-14-11-20-15(10-18)22-17(14)23/h4-7,11H,8-9,12H2,1-3H3. The van der Waals surface area contributed by atoms with Crippen LogP contribution in [0, 0.1) is 11.3 Å². The minimum Gasteiger partial charge on any atom is -0.361 e. The molecule has 0 aliphatic heterocycles. The van der Waals surface area contributed by atoms with Crippen LogP contribution in [-0.2, 0) is 11.5 Å². The molecule has 0 saturated heterocycles. The topological polar surface area (TPSA) is 89.5 Å². The summed E-state index contributed by atoms with van der Waals surface area (Å²) in [5, 5.41) is 9.08. The van der Waals surface area contributed by atoms with Crippen LogP contribution < -0.4 is 0 Å². The Bertz CT molecular complexity index is 911. The van der Waals surface area contributed by atoms with Crippen LogP contribution in [0.1, 0.15) is 5.82 Å². The number of fused-ring (bicyclic) bond motifs is 1. The molecule has 0 unspecified atom stereocenters. The van der Waals surface area contributed by atoms with E-state index in [0.29, 0.717) is 24.5 Å². The highest BCUT2D eigenvalue weighted by molar-refractivity contribution is 6.76. The van der Waals surface area contributed by atoms with E-state index in [0.717, 1.165) is 17.4 Å². The summed E-state index contributed by atoms with van der Waals surface area (Å²) in [5.41, 5.74) is 2.16. The Labute approximate surface area is 147 Å². The maximum Gasteiger partial charge on any atom is 0.234 e. The summed E-state index contributed by atoms with van der Waals surface area (Å²) in [6, 6.07) is 6.83. The number of hydrogen-bond donors (Lipinski definition) is 0. The Balaban J connectivity index is 1.96. The molecule has 25 heavy (non-hydrogen) atoms. The highest BCUT2D eigenvalue weighted by Gasteiger charge is 2.16. The van der Waals surface area contributed by atoms with E-state index in [4.69, 9.17) is 10.00 Å². The summed E-state index contributed by atoms with van der Waals surface area (Å²) in [6.07, 6.45) is 5.01. The van der Waals surface area contributed by atoms with E-state index in [-0.39, 0.29) is 5.82 Å². The van der Waals surface area contributed by atoms with E-state index in [1.807, 2.05) is 22.8 Å². The zero-order valence-corrected chi connectivity index (χ0v) is 15.6. The van der Waals surface area contributed by atoms with Crippen molar-refractivity contribution in [3.05, 3.63) is 36.5 Å². The zero-order valence-electron chi connectivity index (χ0n) is 14.6. The Morgan fingerprint density at radius 2 is 1.96 bits per heavy atom. The molecule has 7 nitrogen and oxygen atoms in total. The normalized spacial score (nSPS) is 11.6. The van der Waals surface area contributed by atoms with Gasteiger partial charge in [0.25, 0.3) is 0 Å². The van der Waals surface area contributed by atoms with Crippen LogP contribution in [0.4, 0.5) is 0 Å². The number of aromatic nitrogens is 5. The first-order valence-corrected chi connectivity index (χ1v) is 11.8. The first-order chi connectivity index (χ1) is 12.0. The van der Waals surface area contributed by atoms with Gasteiger partial charge in [0.1, 0.15) is 24.1 Å². The average Bonchev–Trinajstić information content (AvgIpc) is 2.96. The summed E-state index contributed by atoms with van der Waals surface area (Å²) in [6.45, 7) is 7.98. The lowest BCUT2D eigenvalue weighted by Gasteiger charge is -2.16. The molecule has 0 saturated carbocycles. The van der Waals surface area contributed by atoms with Crippen LogP contribution in [-0.4, -0.2) is 39.2 Å². The highest BCUT2D eigenvalue weighted by atomic mass is 28.3. The van der Waals surface area contributed by atoms with Crippen LogP contribution in [0.15, 0.2) is 30.7 Å². The van der Waals surface area contributed by atoms with Gasteiger partial charge in [-0.3, -0.25) is 9.55 Å². The second-order valence-corrected chi connectivity index (χ2v) is 12.6. The van der Waals surface area contributed by atoms with Crippen molar-refractivity contribution in [1.29, 1.82) is 5.26 Å². The van der Waals surface area contributed by atoms with Crippen LogP contribution in [0.2, 0.25) is 25.7 Å². The minimum atomic E-state index is -1.15. The van der Waals surface area contributed by atoms with Crippen molar-refractivity contribution in [3.63, 3.8) is 0 Å². The van der Waals surface area contributed by atoms with E-state index < -0.39 is 8.07 Å². The van der Waals surface area contributed by atoms with Gasteiger partial charge < -0.3 is 4.74 Å². The summed E-state index contributed by atoms with van der Waals surface area (Å²) >= 11 is 0. The summed E-state index contributed by atoms with van der Waals surface area (Å²) in [4.78, 5) is 17.0. The van der Waals surface area contributed by atoms with Gasteiger partial charge in [-0.2, -0.15) is 10.2 Å². The van der Waals surface area contributed by atoms with Crippen molar-refractivity contribution >= 4 is 19.2 Å². The second kappa shape index (κ2) is 7.09. The highest BCUT2D eigenvalue weighted by Crippen LogP contribution is 2.23. The molecule has 0 fully saturated rings. The quantitative estimate of drug-likeness (QED) is 0.500. The molecule has 3 heterocycles. The number of pyridine rings is 1. The van der Waals surface area contributed by atoms with Crippen LogP contribution in [0.3, 0.4) is 0 Å². The summed E-state index contributed by atoms with van der Waals surface area (Å²) in [5.74, 6) is 0.854. The SMILES string of the molecule is C[Si](C)(C)CCOCn1c(-c2ccncc2)nc2cnc(C#N)nc21. The Morgan fingerprint density at radius 3 is 2.64 bits per heavy atom. The van der Waals surface area contributed by atoms with Crippen molar-refractivity contribution in [2.24, 2.45) is 0 Å². The van der Waals surface area contributed by atoms with Gasteiger partial charge in [0, 0.05) is 32.6 Å². The lowest BCUT2D eigenvalue weighted by Crippen LogP contribution is -2.22. The predicted octanol–water partition coefficient (Wildman–Crippen LogP) is 3.07. The smallest absolute Gasteiger partial charge is 0.234 e. The largest absolute Gasteiger partial charge is 0.361 e. The van der Waals surface area contributed by atoms with Crippen molar-refractivity contribution in [2.45, 2.75) is 32.4 Å². The fourth-order valence-electron chi connectivity index (χ4n) is 2.35. The van der Waals surface area contributed by atoms with Crippen molar-refractivity contribution in [1.82, 2.24) is 24.5 Å². The third kappa shape index (κ3) is 4.07. The van der Waals surface area contributed by atoms with E-state index in [1.165, 1.54) is 0 Å². The molecule has 0 spiro atoms. The van der Waals surface area contributed by atoms with E-state index >= 15 is 0 Å². The third-order valence-corrected chi connectivity index (χ3v) is 5.45. The minimum absolute atomic E-state index is 0.122. The number of ether oxygens (including phenoxy) is 1. The first kappa shape index (κ1) is 17.2. The predicted molar refractivity (Wildman–Crippen MR) is 97.4 cm³/mol. The molecule has 0 N–H and O–H groups in total. The molecule has 8 heteroatoms. The zero-order chi connectivity index (χ0) is 17.9. The molecule has 0 aromatic carbocycles. The van der Waals surface area contributed by atoms with Crippen molar-refractivity contribution in [2.75, 3.05) is 6.61 Å². The van der Waals surface area contributed by atoms with E-state index in [2.05, 4.69) is 39.6 Å². The Hall–Kier alpha value is -2.63. The number of rotatable bonds is 6. The fraction of sp³-hybridized carbons (Fsp3) is 0.353. The van der Waals surface area contributed by atoms with Gasteiger partial charge in [0.2, 0.25) is 5.82 Å². The number of nitrogens with zero attached hydrogens (tertiary/aromatic N) is 6. The Kier molecular flexibility index (Phi) is 4.87.